The Morgan fingerprint density at radius 3 is 1.20 bits per heavy atom. The molecule has 0 aliphatic heterocycles. The van der Waals surface area contributed by atoms with Gasteiger partial charge in [0, 0.05) is 0 Å². The molecule has 0 saturated carbocycles. The lowest BCUT2D eigenvalue weighted by Gasteiger charge is -2.19. The summed E-state index contributed by atoms with van der Waals surface area (Å²) in [4.78, 5) is 0. The quantitative estimate of drug-likeness (QED) is 0.250. The molecule has 0 heterocycles. The minimum absolute atomic E-state index is 0.612. The highest BCUT2D eigenvalue weighted by atomic mass is 14.7. The van der Waals surface area contributed by atoms with E-state index < -0.39 is 0 Å². The largest absolute Gasteiger partial charge is 0.397 e. The van der Waals surface area contributed by atoms with Gasteiger partial charge in [-0.25, -0.2) is 0 Å². The fourth-order valence-electron chi connectivity index (χ4n) is 4.32. The van der Waals surface area contributed by atoms with Crippen molar-refractivity contribution in [2.45, 2.75) is 13.8 Å². The molecule has 2 nitrogen and oxygen atoms in total. The van der Waals surface area contributed by atoms with Gasteiger partial charge in [0.05, 0.1) is 11.4 Å². The van der Waals surface area contributed by atoms with Crippen LogP contribution in [0.15, 0.2) is 84.9 Å². The molecular formula is C28H24N2. The number of nitrogens with two attached hydrogens (primary N) is 2. The predicted octanol–water partition coefficient (Wildman–Crippen LogP) is 7.11. The van der Waals surface area contributed by atoms with Crippen LogP contribution in [0.25, 0.3) is 43.8 Å². The Hall–Kier alpha value is -3.78. The number of nitrogen functional groups attached to an aromatic ring is 2. The highest BCUT2D eigenvalue weighted by Crippen LogP contribution is 2.45. The lowest BCUT2D eigenvalue weighted by molar-refractivity contribution is 1.47. The molecule has 0 aromatic heterocycles. The van der Waals surface area contributed by atoms with E-state index in [1.54, 1.807) is 0 Å². The molecule has 4 N–H and O–H groups in total. The number of hydrogen-bond donors (Lipinski definition) is 2. The van der Waals surface area contributed by atoms with Crippen LogP contribution in [-0.4, -0.2) is 0 Å². The highest BCUT2D eigenvalue weighted by Gasteiger charge is 2.17. The van der Waals surface area contributed by atoms with E-state index in [-0.39, 0.29) is 0 Å². The van der Waals surface area contributed by atoms with E-state index in [1.807, 2.05) is 12.1 Å². The van der Waals surface area contributed by atoms with Gasteiger partial charge in [0.1, 0.15) is 0 Å². The van der Waals surface area contributed by atoms with Gasteiger partial charge < -0.3 is 11.5 Å². The zero-order valence-corrected chi connectivity index (χ0v) is 17.2. The molecule has 5 rings (SSSR count). The van der Waals surface area contributed by atoms with E-state index in [1.165, 1.54) is 44.2 Å². The lowest BCUT2D eigenvalue weighted by Crippen LogP contribution is -1.97. The maximum atomic E-state index is 6.28. The van der Waals surface area contributed by atoms with E-state index in [2.05, 4.69) is 86.6 Å². The first kappa shape index (κ1) is 18.3. The van der Waals surface area contributed by atoms with Crippen molar-refractivity contribution in [3.05, 3.63) is 96.1 Å². The summed E-state index contributed by atoms with van der Waals surface area (Å²) in [6.45, 7) is 4.22. The Morgan fingerprint density at radius 1 is 0.467 bits per heavy atom. The average molecular weight is 389 g/mol. The Labute approximate surface area is 176 Å². The number of rotatable bonds is 2. The Kier molecular flexibility index (Phi) is 4.22. The average Bonchev–Trinajstić information content (AvgIpc) is 2.75. The maximum Gasteiger partial charge on any atom is 0.0554 e. The maximum absolute atomic E-state index is 6.28. The second-order valence-corrected chi connectivity index (χ2v) is 8.05. The third-order valence-electron chi connectivity index (χ3n) is 5.91. The molecule has 0 amide bonds. The van der Waals surface area contributed by atoms with Crippen molar-refractivity contribution in [2.24, 2.45) is 0 Å². The molecule has 0 atom stereocenters. The fraction of sp³-hybridized carbons (Fsp3) is 0.0714. The van der Waals surface area contributed by atoms with Gasteiger partial charge in [0.25, 0.3) is 0 Å². The van der Waals surface area contributed by atoms with Crippen molar-refractivity contribution in [2.75, 3.05) is 11.5 Å². The standard InChI is InChI=1S/C28H24N2/c1-17-7-11-19(12-8-17)27-21-5-3-4-6-22(21)28(20-13-9-18(2)10-14-20)24-16-26(30)25(29)15-23(24)27/h3-16H,29-30H2,1-2H3. The summed E-state index contributed by atoms with van der Waals surface area (Å²) in [7, 11) is 0. The van der Waals surface area contributed by atoms with Gasteiger partial charge >= 0.3 is 0 Å². The number of fused-ring (bicyclic) bond motifs is 2. The molecular weight excluding hydrogens is 364 g/mol. The van der Waals surface area contributed by atoms with Gasteiger partial charge in [-0.1, -0.05) is 83.9 Å². The molecule has 30 heavy (non-hydrogen) atoms. The Morgan fingerprint density at radius 2 is 0.833 bits per heavy atom. The third-order valence-corrected chi connectivity index (χ3v) is 5.91. The highest BCUT2D eigenvalue weighted by molar-refractivity contribution is 6.22. The summed E-state index contributed by atoms with van der Waals surface area (Å²) in [6.07, 6.45) is 0. The molecule has 2 heteroatoms. The minimum Gasteiger partial charge on any atom is -0.397 e. The van der Waals surface area contributed by atoms with Crippen molar-refractivity contribution >= 4 is 32.9 Å². The summed E-state index contributed by atoms with van der Waals surface area (Å²) in [6, 6.07) is 30.1. The molecule has 5 aromatic carbocycles. The molecule has 5 aromatic rings. The molecule has 0 aliphatic carbocycles. The van der Waals surface area contributed by atoms with E-state index in [9.17, 15) is 0 Å². The zero-order chi connectivity index (χ0) is 20.8. The summed E-state index contributed by atoms with van der Waals surface area (Å²) in [5.74, 6) is 0. The molecule has 0 aliphatic rings. The molecule has 0 bridgehead atoms. The van der Waals surface area contributed by atoms with Crippen LogP contribution >= 0.6 is 0 Å². The smallest absolute Gasteiger partial charge is 0.0554 e. The van der Waals surface area contributed by atoms with Crippen LogP contribution in [0.2, 0.25) is 0 Å². The first-order chi connectivity index (χ1) is 14.5. The van der Waals surface area contributed by atoms with Crippen LogP contribution in [-0.2, 0) is 0 Å². The van der Waals surface area contributed by atoms with E-state index >= 15 is 0 Å². The van der Waals surface area contributed by atoms with Gasteiger partial charge in [-0.05, 0) is 69.8 Å². The van der Waals surface area contributed by atoms with Crippen LogP contribution in [0.1, 0.15) is 11.1 Å². The van der Waals surface area contributed by atoms with Crippen LogP contribution < -0.4 is 11.5 Å². The van der Waals surface area contributed by atoms with Gasteiger partial charge in [-0.3, -0.25) is 0 Å². The van der Waals surface area contributed by atoms with Crippen LogP contribution in [0.5, 0.6) is 0 Å². The van der Waals surface area contributed by atoms with Crippen molar-refractivity contribution < 1.29 is 0 Å². The van der Waals surface area contributed by atoms with Gasteiger partial charge in [-0.15, -0.1) is 0 Å². The van der Waals surface area contributed by atoms with Crippen LogP contribution in [0.3, 0.4) is 0 Å². The van der Waals surface area contributed by atoms with Crippen LogP contribution in [0, 0.1) is 13.8 Å². The summed E-state index contributed by atoms with van der Waals surface area (Å²) in [5.41, 5.74) is 21.0. The van der Waals surface area contributed by atoms with Gasteiger partial charge in [0.15, 0.2) is 0 Å². The predicted molar refractivity (Wildman–Crippen MR) is 131 cm³/mol. The van der Waals surface area contributed by atoms with E-state index in [0.717, 1.165) is 10.8 Å². The molecule has 0 radical (unpaired) electrons. The zero-order valence-electron chi connectivity index (χ0n) is 17.2. The Bertz CT molecular complexity index is 1290. The second-order valence-electron chi connectivity index (χ2n) is 8.05. The first-order valence-electron chi connectivity index (χ1n) is 10.2. The Balaban J connectivity index is 2.00. The number of anilines is 2. The van der Waals surface area contributed by atoms with Crippen molar-refractivity contribution in [1.29, 1.82) is 0 Å². The molecule has 0 saturated heterocycles. The summed E-state index contributed by atoms with van der Waals surface area (Å²) >= 11 is 0. The monoisotopic (exact) mass is 388 g/mol. The molecule has 146 valence electrons. The van der Waals surface area contributed by atoms with Crippen LogP contribution in [0.4, 0.5) is 11.4 Å². The number of benzene rings is 5. The normalized spacial score (nSPS) is 11.3. The summed E-state index contributed by atoms with van der Waals surface area (Å²) in [5, 5.41) is 4.68. The number of aryl methyl sites for hydroxylation is 2. The van der Waals surface area contributed by atoms with Crippen molar-refractivity contribution in [3.63, 3.8) is 0 Å². The fourth-order valence-corrected chi connectivity index (χ4v) is 4.32. The van der Waals surface area contributed by atoms with Gasteiger partial charge in [-0.2, -0.15) is 0 Å². The topological polar surface area (TPSA) is 52.0 Å². The molecule has 0 spiro atoms. The SMILES string of the molecule is Cc1ccc(-c2c3ccccc3c(-c3ccc(C)cc3)c3cc(N)c(N)cc23)cc1. The van der Waals surface area contributed by atoms with Crippen molar-refractivity contribution in [3.8, 4) is 22.3 Å². The van der Waals surface area contributed by atoms with Crippen molar-refractivity contribution in [1.82, 2.24) is 0 Å². The number of hydrogen-bond acceptors (Lipinski definition) is 2. The molecule has 0 fully saturated rings. The van der Waals surface area contributed by atoms with E-state index in [4.69, 9.17) is 11.5 Å². The lowest BCUT2D eigenvalue weighted by atomic mass is 9.85. The van der Waals surface area contributed by atoms with E-state index in [0.29, 0.717) is 11.4 Å². The summed E-state index contributed by atoms with van der Waals surface area (Å²) < 4.78 is 0. The third kappa shape index (κ3) is 2.89. The second kappa shape index (κ2) is 6.93. The first-order valence-corrected chi connectivity index (χ1v) is 10.2. The van der Waals surface area contributed by atoms with Gasteiger partial charge in [0.2, 0.25) is 0 Å². The minimum atomic E-state index is 0.612. The molecule has 0 unspecified atom stereocenters.